The number of morpholine rings is 1. The smallest absolute Gasteiger partial charge is 0.224 e. The lowest BCUT2D eigenvalue weighted by molar-refractivity contribution is 0.0985. The molecule has 4 nitrogen and oxygen atoms in total. The van der Waals surface area contributed by atoms with Crippen LogP contribution in [0.5, 0.6) is 0 Å². The van der Waals surface area contributed by atoms with Crippen molar-refractivity contribution >= 4 is 40.8 Å². The Hall–Kier alpha value is -1.01. The van der Waals surface area contributed by atoms with E-state index < -0.39 is 0 Å². The topological polar surface area (TPSA) is 38.2 Å². The zero-order valence-electron chi connectivity index (χ0n) is 14.5. The van der Waals surface area contributed by atoms with Crippen LogP contribution < -0.4 is 4.90 Å². The van der Waals surface area contributed by atoms with Gasteiger partial charge in [-0.1, -0.05) is 11.6 Å². The Bertz CT molecular complexity index is 740. The maximum absolute atomic E-state index is 6.24. The largest absolute Gasteiger partial charge is 0.377 e. The molecule has 134 valence electrons. The summed E-state index contributed by atoms with van der Waals surface area (Å²) in [5.74, 6) is 0.857. The van der Waals surface area contributed by atoms with Crippen molar-refractivity contribution in [1.82, 2.24) is 9.97 Å². The lowest BCUT2D eigenvalue weighted by Gasteiger charge is -2.35. The molecular formula is C18H21Cl2N3OS. The molecule has 0 amide bonds. The molecule has 1 aliphatic heterocycles. The van der Waals surface area contributed by atoms with Gasteiger partial charge in [0, 0.05) is 22.5 Å². The molecule has 1 saturated heterocycles. The van der Waals surface area contributed by atoms with Crippen molar-refractivity contribution in [2.24, 2.45) is 0 Å². The van der Waals surface area contributed by atoms with Crippen LogP contribution in [-0.2, 0) is 9.48 Å². The summed E-state index contributed by atoms with van der Waals surface area (Å²) in [6, 6.07) is 10.1. The third-order valence-corrected chi connectivity index (χ3v) is 5.80. The van der Waals surface area contributed by atoms with Crippen molar-refractivity contribution in [3.63, 3.8) is 0 Å². The second kappa shape index (κ2) is 7.70. The molecule has 1 aromatic carbocycles. The summed E-state index contributed by atoms with van der Waals surface area (Å²) in [6.07, 6.45) is 0. The predicted molar refractivity (Wildman–Crippen MR) is 105 cm³/mol. The summed E-state index contributed by atoms with van der Waals surface area (Å²) in [5.41, 5.74) is 0.904. The first-order valence-corrected chi connectivity index (χ1v) is 9.76. The molecule has 1 fully saturated rings. The number of aromatic nitrogens is 2. The van der Waals surface area contributed by atoms with E-state index in [-0.39, 0.29) is 16.1 Å². The number of ether oxygens (including phenoxy) is 1. The second-order valence-electron chi connectivity index (χ2n) is 6.56. The van der Waals surface area contributed by atoms with E-state index in [0.717, 1.165) is 28.0 Å². The van der Waals surface area contributed by atoms with Gasteiger partial charge in [0.1, 0.15) is 5.82 Å². The third-order valence-electron chi connectivity index (χ3n) is 4.15. The van der Waals surface area contributed by atoms with Crippen molar-refractivity contribution in [3.8, 4) is 0 Å². The van der Waals surface area contributed by atoms with Gasteiger partial charge in [-0.15, -0.1) is 11.8 Å². The third kappa shape index (κ3) is 4.59. The van der Waals surface area contributed by atoms with Crippen molar-refractivity contribution in [2.45, 2.75) is 36.5 Å². The standard InChI is InChI=1S/C18H21Cl2N3OS/c1-12-11-24-9-8-23(12)16-10-15(21-17(20)22-16)18(2,3)25-14-6-4-13(19)5-7-14/h4-7,10,12H,8-9,11H2,1-3H3. The van der Waals surface area contributed by atoms with E-state index >= 15 is 0 Å². The molecule has 0 bridgehead atoms. The Morgan fingerprint density at radius 3 is 2.60 bits per heavy atom. The molecule has 0 spiro atoms. The zero-order chi connectivity index (χ0) is 18.0. The first-order chi connectivity index (χ1) is 11.8. The van der Waals surface area contributed by atoms with Gasteiger partial charge in [0.25, 0.3) is 0 Å². The van der Waals surface area contributed by atoms with Crippen LogP contribution in [0.4, 0.5) is 5.82 Å². The average molecular weight is 398 g/mol. The van der Waals surface area contributed by atoms with Crippen molar-refractivity contribution in [2.75, 3.05) is 24.7 Å². The highest BCUT2D eigenvalue weighted by Crippen LogP contribution is 2.41. The molecule has 0 aliphatic carbocycles. The summed E-state index contributed by atoms with van der Waals surface area (Å²) in [5, 5.41) is 1.01. The molecule has 3 rings (SSSR count). The Labute approximate surface area is 162 Å². The Morgan fingerprint density at radius 2 is 1.92 bits per heavy atom. The van der Waals surface area contributed by atoms with E-state index in [2.05, 4.69) is 35.6 Å². The fourth-order valence-electron chi connectivity index (χ4n) is 2.78. The molecular weight excluding hydrogens is 377 g/mol. The SMILES string of the molecule is CC1COCCN1c1cc(C(C)(C)Sc2ccc(Cl)cc2)nc(Cl)n1. The van der Waals surface area contributed by atoms with Crippen LogP contribution in [0.3, 0.4) is 0 Å². The Morgan fingerprint density at radius 1 is 1.20 bits per heavy atom. The number of hydrogen-bond donors (Lipinski definition) is 0. The minimum absolute atomic E-state index is 0.259. The number of thioether (sulfide) groups is 1. The molecule has 1 unspecified atom stereocenters. The number of rotatable bonds is 4. The van der Waals surface area contributed by atoms with Gasteiger partial charge in [0.2, 0.25) is 5.28 Å². The van der Waals surface area contributed by atoms with Crippen LogP contribution in [0, 0.1) is 0 Å². The van der Waals surface area contributed by atoms with Crippen molar-refractivity contribution in [1.29, 1.82) is 0 Å². The van der Waals surface area contributed by atoms with Gasteiger partial charge >= 0.3 is 0 Å². The highest BCUT2D eigenvalue weighted by molar-refractivity contribution is 8.00. The normalized spacial score (nSPS) is 18.4. The lowest BCUT2D eigenvalue weighted by Crippen LogP contribution is -2.44. The van der Waals surface area contributed by atoms with Crippen LogP contribution in [0.1, 0.15) is 26.5 Å². The maximum Gasteiger partial charge on any atom is 0.224 e. The first-order valence-electron chi connectivity index (χ1n) is 8.19. The van der Waals surface area contributed by atoms with E-state index in [1.54, 1.807) is 11.8 Å². The minimum Gasteiger partial charge on any atom is -0.377 e. The Balaban J connectivity index is 1.88. The lowest BCUT2D eigenvalue weighted by atomic mass is 10.1. The molecule has 1 aliphatic rings. The predicted octanol–water partition coefficient (Wildman–Crippen LogP) is 5.04. The van der Waals surface area contributed by atoms with Crippen molar-refractivity contribution < 1.29 is 4.74 Å². The van der Waals surface area contributed by atoms with Crippen LogP contribution in [0.2, 0.25) is 10.3 Å². The number of halogens is 2. The van der Waals surface area contributed by atoms with Crippen LogP contribution in [0.25, 0.3) is 0 Å². The summed E-state index contributed by atoms with van der Waals surface area (Å²) < 4.78 is 5.26. The van der Waals surface area contributed by atoms with E-state index in [4.69, 9.17) is 27.9 Å². The highest BCUT2D eigenvalue weighted by Gasteiger charge is 2.28. The van der Waals surface area contributed by atoms with E-state index in [1.165, 1.54) is 0 Å². The van der Waals surface area contributed by atoms with Gasteiger partial charge in [0.15, 0.2) is 0 Å². The Kier molecular flexibility index (Phi) is 5.78. The van der Waals surface area contributed by atoms with Gasteiger partial charge < -0.3 is 9.64 Å². The zero-order valence-corrected chi connectivity index (χ0v) is 16.8. The highest BCUT2D eigenvalue weighted by atomic mass is 35.5. The second-order valence-corrected chi connectivity index (χ2v) is 9.03. The number of nitrogens with zero attached hydrogens (tertiary/aromatic N) is 3. The average Bonchev–Trinajstić information content (AvgIpc) is 2.56. The number of anilines is 1. The van der Waals surface area contributed by atoms with Crippen LogP contribution in [-0.4, -0.2) is 35.8 Å². The molecule has 2 heterocycles. The van der Waals surface area contributed by atoms with Crippen LogP contribution in [0.15, 0.2) is 35.2 Å². The minimum atomic E-state index is -0.259. The van der Waals surface area contributed by atoms with E-state index in [1.807, 2.05) is 30.3 Å². The fraction of sp³-hybridized carbons (Fsp3) is 0.444. The van der Waals surface area contributed by atoms with Gasteiger partial charge in [-0.25, -0.2) is 9.97 Å². The summed E-state index contributed by atoms with van der Waals surface area (Å²) in [4.78, 5) is 12.3. The summed E-state index contributed by atoms with van der Waals surface area (Å²) >= 11 is 13.9. The van der Waals surface area contributed by atoms with Gasteiger partial charge in [-0.3, -0.25) is 0 Å². The van der Waals surface area contributed by atoms with E-state index in [0.29, 0.717) is 13.2 Å². The van der Waals surface area contributed by atoms with Gasteiger partial charge in [-0.05, 0) is 56.6 Å². The van der Waals surface area contributed by atoms with E-state index in [9.17, 15) is 0 Å². The quantitative estimate of drug-likeness (QED) is 0.533. The van der Waals surface area contributed by atoms with Gasteiger partial charge in [-0.2, -0.15) is 0 Å². The molecule has 2 aromatic rings. The summed E-state index contributed by atoms with van der Waals surface area (Å²) in [7, 11) is 0. The molecule has 1 aromatic heterocycles. The monoisotopic (exact) mass is 397 g/mol. The molecule has 1 atom stereocenters. The summed E-state index contributed by atoms with van der Waals surface area (Å²) in [6.45, 7) is 8.60. The molecule has 0 saturated carbocycles. The van der Waals surface area contributed by atoms with Gasteiger partial charge in [0.05, 0.1) is 29.7 Å². The van der Waals surface area contributed by atoms with Crippen molar-refractivity contribution in [3.05, 3.63) is 46.3 Å². The van der Waals surface area contributed by atoms with Crippen LogP contribution >= 0.6 is 35.0 Å². The molecule has 0 radical (unpaired) electrons. The molecule has 25 heavy (non-hydrogen) atoms. The fourth-order valence-corrected chi connectivity index (χ4v) is 4.15. The molecule has 7 heteroatoms. The maximum atomic E-state index is 6.24. The number of benzene rings is 1. The number of hydrogen-bond acceptors (Lipinski definition) is 5. The first kappa shape index (κ1) is 18.8. The molecule has 0 N–H and O–H groups in total.